The van der Waals surface area contributed by atoms with Crippen molar-refractivity contribution in [3.8, 4) is 0 Å². The lowest BCUT2D eigenvalue weighted by Gasteiger charge is -2.19. The minimum absolute atomic E-state index is 0.0875. The standard InChI is InChI=1S/C21H23FN2.C2H6/c1-21(2,3)16-10-8-15(9-11-16)18(22)12-13-20-17-6-4-5-7-19(17)23-14-24-20;1-2/h4-11,14,18H,12-13H2,1-3H3;1-2H3. The molecule has 0 radical (unpaired) electrons. The molecule has 26 heavy (non-hydrogen) atoms. The highest BCUT2D eigenvalue weighted by atomic mass is 19.1. The van der Waals surface area contributed by atoms with Gasteiger partial charge in [-0.2, -0.15) is 0 Å². The molecule has 0 N–H and O–H groups in total. The van der Waals surface area contributed by atoms with Crippen LogP contribution in [0.4, 0.5) is 4.39 Å². The van der Waals surface area contributed by atoms with Crippen LogP contribution in [0.15, 0.2) is 54.9 Å². The van der Waals surface area contributed by atoms with Crippen LogP contribution in [0, 0.1) is 0 Å². The molecule has 0 bridgehead atoms. The van der Waals surface area contributed by atoms with Gasteiger partial charge in [-0.05, 0) is 35.4 Å². The van der Waals surface area contributed by atoms with E-state index < -0.39 is 6.17 Å². The fraction of sp³-hybridized carbons (Fsp3) is 0.391. The number of para-hydroxylation sites is 1. The van der Waals surface area contributed by atoms with Crippen LogP contribution in [0.5, 0.6) is 0 Å². The van der Waals surface area contributed by atoms with Crippen molar-refractivity contribution in [2.24, 2.45) is 0 Å². The second kappa shape index (κ2) is 8.88. The first-order chi connectivity index (χ1) is 12.4. The van der Waals surface area contributed by atoms with E-state index in [1.807, 2.05) is 62.4 Å². The van der Waals surface area contributed by atoms with E-state index in [9.17, 15) is 4.39 Å². The Labute approximate surface area is 156 Å². The van der Waals surface area contributed by atoms with Crippen molar-refractivity contribution in [1.82, 2.24) is 9.97 Å². The molecule has 1 heterocycles. The maximum atomic E-state index is 14.6. The van der Waals surface area contributed by atoms with E-state index in [-0.39, 0.29) is 5.41 Å². The minimum atomic E-state index is -0.979. The van der Waals surface area contributed by atoms with E-state index >= 15 is 0 Å². The summed E-state index contributed by atoms with van der Waals surface area (Å²) in [7, 11) is 0. The molecule has 0 spiro atoms. The molecule has 1 unspecified atom stereocenters. The zero-order valence-electron chi connectivity index (χ0n) is 16.5. The molecule has 3 aromatic rings. The van der Waals surface area contributed by atoms with E-state index in [0.29, 0.717) is 12.8 Å². The Hall–Kier alpha value is -2.29. The molecule has 0 aliphatic rings. The molecule has 0 amide bonds. The van der Waals surface area contributed by atoms with Gasteiger partial charge in [0.05, 0.1) is 11.2 Å². The van der Waals surface area contributed by atoms with Crippen LogP contribution in [0.1, 0.15) is 64.0 Å². The summed E-state index contributed by atoms with van der Waals surface area (Å²) in [6.45, 7) is 10.5. The van der Waals surface area contributed by atoms with Crippen LogP contribution < -0.4 is 0 Å². The molecule has 0 fully saturated rings. The first kappa shape index (κ1) is 20.0. The summed E-state index contributed by atoms with van der Waals surface area (Å²) in [5.74, 6) is 0. The maximum Gasteiger partial charge on any atom is 0.125 e. The topological polar surface area (TPSA) is 25.8 Å². The average molecular weight is 352 g/mol. The van der Waals surface area contributed by atoms with Gasteiger partial charge in [0.15, 0.2) is 0 Å². The van der Waals surface area contributed by atoms with Gasteiger partial charge in [0.1, 0.15) is 12.5 Å². The van der Waals surface area contributed by atoms with E-state index in [0.717, 1.165) is 22.2 Å². The number of aryl methyl sites for hydroxylation is 1. The van der Waals surface area contributed by atoms with Crippen molar-refractivity contribution < 1.29 is 4.39 Å². The molecule has 0 saturated carbocycles. The zero-order chi connectivity index (χ0) is 19.2. The highest BCUT2D eigenvalue weighted by Crippen LogP contribution is 2.28. The molecular weight excluding hydrogens is 323 g/mol. The van der Waals surface area contributed by atoms with Gasteiger partial charge < -0.3 is 0 Å². The van der Waals surface area contributed by atoms with Crippen LogP contribution in [-0.2, 0) is 11.8 Å². The molecule has 0 saturated heterocycles. The number of fused-ring (bicyclic) bond motifs is 1. The summed E-state index contributed by atoms with van der Waals surface area (Å²) in [5.41, 5.74) is 3.87. The largest absolute Gasteiger partial charge is 0.242 e. The fourth-order valence-electron chi connectivity index (χ4n) is 2.88. The van der Waals surface area contributed by atoms with Gasteiger partial charge in [-0.25, -0.2) is 14.4 Å². The van der Waals surface area contributed by atoms with Gasteiger partial charge in [0.2, 0.25) is 0 Å². The highest BCUT2D eigenvalue weighted by molar-refractivity contribution is 5.80. The summed E-state index contributed by atoms with van der Waals surface area (Å²) < 4.78 is 14.6. The van der Waals surface area contributed by atoms with Gasteiger partial charge in [-0.15, -0.1) is 0 Å². The Kier molecular flexibility index (Phi) is 6.84. The van der Waals surface area contributed by atoms with E-state index in [1.165, 1.54) is 5.56 Å². The Morgan fingerprint density at radius 2 is 1.58 bits per heavy atom. The maximum absolute atomic E-state index is 14.6. The normalized spacial score (nSPS) is 12.4. The Morgan fingerprint density at radius 3 is 2.23 bits per heavy atom. The predicted octanol–water partition coefficient (Wildman–Crippen LogP) is 6.60. The van der Waals surface area contributed by atoms with Crippen molar-refractivity contribution >= 4 is 10.9 Å². The molecule has 1 atom stereocenters. The first-order valence-corrected chi connectivity index (χ1v) is 9.38. The second-order valence-corrected chi connectivity index (χ2v) is 7.22. The van der Waals surface area contributed by atoms with Crippen molar-refractivity contribution in [3.63, 3.8) is 0 Å². The number of benzene rings is 2. The van der Waals surface area contributed by atoms with Gasteiger partial charge in [-0.1, -0.05) is 77.1 Å². The summed E-state index contributed by atoms with van der Waals surface area (Å²) in [6, 6.07) is 15.7. The third-order valence-corrected chi connectivity index (χ3v) is 4.40. The number of hydrogen-bond donors (Lipinski definition) is 0. The van der Waals surface area contributed by atoms with Gasteiger partial charge >= 0.3 is 0 Å². The number of rotatable bonds is 4. The van der Waals surface area contributed by atoms with Crippen molar-refractivity contribution in [2.75, 3.05) is 0 Å². The lowest BCUT2D eigenvalue weighted by molar-refractivity contribution is 0.323. The molecule has 3 heteroatoms. The molecule has 2 aromatic carbocycles. The molecule has 138 valence electrons. The van der Waals surface area contributed by atoms with Crippen LogP contribution >= 0.6 is 0 Å². The van der Waals surface area contributed by atoms with Crippen molar-refractivity contribution in [3.05, 3.63) is 71.7 Å². The van der Waals surface area contributed by atoms with Gasteiger partial charge in [0.25, 0.3) is 0 Å². The van der Waals surface area contributed by atoms with Crippen LogP contribution in [0.3, 0.4) is 0 Å². The monoisotopic (exact) mass is 352 g/mol. The minimum Gasteiger partial charge on any atom is -0.242 e. The van der Waals surface area contributed by atoms with Crippen LogP contribution in [-0.4, -0.2) is 9.97 Å². The van der Waals surface area contributed by atoms with E-state index in [4.69, 9.17) is 0 Å². The molecule has 3 rings (SSSR count). The number of alkyl halides is 1. The molecule has 1 aromatic heterocycles. The van der Waals surface area contributed by atoms with Gasteiger partial charge in [-0.3, -0.25) is 0 Å². The number of nitrogens with zero attached hydrogens (tertiary/aromatic N) is 2. The molecular formula is C23H29FN2. The van der Waals surface area contributed by atoms with Crippen molar-refractivity contribution in [2.45, 2.75) is 59.0 Å². The highest BCUT2D eigenvalue weighted by Gasteiger charge is 2.16. The SMILES string of the molecule is CC.CC(C)(C)c1ccc(C(F)CCc2ncnc3ccccc23)cc1. The van der Waals surface area contributed by atoms with E-state index in [1.54, 1.807) is 6.33 Å². The van der Waals surface area contributed by atoms with Crippen LogP contribution in [0.2, 0.25) is 0 Å². The Morgan fingerprint density at radius 1 is 0.923 bits per heavy atom. The van der Waals surface area contributed by atoms with E-state index in [2.05, 4.69) is 30.7 Å². The molecule has 0 aliphatic carbocycles. The van der Waals surface area contributed by atoms with Crippen LogP contribution in [0.25, 0.3) is 10.9 Å². The van der Waals surface area contributed by atoms with Crippen molar-refractivity contribution in [1.29, 1.82) is 0 Å². The summed E-state index contributed by atoms with van der Waals surface area (Å²) in [4.78, 5) is 8.60. The number of halogens is 1. The third-order valence-electron chi connectivity index (χ3n) is 4.40. The lowest BCUT2D eigenvalue weighted by Crippen LogP contribution is -2.10. The predicted molar refractivity (Wildman–Crippen MR) is 108 cm³/mol. The quantitative estimate of drug-likeness (QED) is 0.529. The summed E-state index contributed by atoms with van der Waals surface area (Å²) in [6.07, 6.45) is 1.61. The zero-order valence-corrected chi connectivity index (χ0v) is 16.5. The first-order valence-electron chi connectivity index (χ1n) is 9.38. The summed E-state index contributed by atoms with van der Waals surface area (Å²) >= 11 is 0. The summed E-state index contributed by atoms with van der Waals surface area (Å²) in [5, 5.41) is 1.01. The molecule has 0 aliphatic heterocycles. The fourth-order valence-corrected chi connectivity index (χ4v) is 2.88. The second-order valence-electron chi connectivity index (χ2n) is 7.22. The van der Waals surface area contributed by atoms with Gasteiger partial charge in [0, 0.05) is 5.39 Å². The smallest absolute Gasteiger partial charge is 0.125 e. The average Bonchev–Trinajstić information content (AvgIpc) is 2.67. The third kappa shape index (κ3) is 4.87. The number of hydrogen-bond acceptors (Lipinski definition) is 2. The number of aromatic nitrogens is 2. The lowest BCUT2D eigenvalue weighted by atomic mass is 9.86. The molecule has 2 nitrogen and oxygen atoms in total. The Bertz CT molecular complexity index is 814. The Balaban J connectivity index is 0.00000117.